The van der Waals surface area contributed by atoms with Crippen LogP contribution in [0.25, 0.3) is 0 Å². The fourth-order valence-corrected chi connectivity index (χ4v) is 0.774. The smallest absolute Gasteiger partial charge is 0.00514 e. The molecule has 0 saturated heterocycles. The molecule has 0 aliphatic carbocycles. The van der Waals surface area contributed by atoms with Gasteiger partial charge in [-0.2, -0.15) is 0 Å². The van der Waals surface area contributed by atoms with Crippen LogP contribution in [0.15, 0.2) is 11.6 Å². The molecule has 1 heteroatoms. The van der Waals surface area contributed by atoms with E-state index in [2.05, 4.69) is 26.8 Å². The quantitative estimate of drug-likeness (QED) is 0.597. The Labute approximate surface area is 64.3 Å². The zero-order valence-corrected chi connectivity index (χ0v) is 7.35. The first-order valence-electron chi connectivity index (χ1n) is 4.00. The second kappa shape index (κ2) is 5.48. The third-order valence-corrected chi connectivity index (χ3v) is 1.61. The summed E-state index contributed by atoms with van der Waals surface area (Å²) in [4.78, 5) is 0. The number of nitrogens with two attached hydrogens (primary N) is 1. The third kappa shape index (κ3) is 5.83. The lowest BCUT2D eigenvalue weighted by Gasteiger charge is -2.04. The first-order valence-corrected chi connectivity index (χ1v) is 4.00. The topological polar surface area (TPSA) is 26.0 Å². The first-order chi connectivity index (χ1) is 4.66. The van der Waals surface area contributed by atoms with Gasteiger partial charge in [-0.1, -0.05) is 18.6 Å². The Bertz CT molecular complexity index is 101. The molecule has 0 unspecified atom stereocenters. The van der Waals surface area contributed by atoms with Gasteiger partial charge in [0.1, 0.15) is 0 Å². The standard InChI is InChI=1S/C9H19N/c1-8(2)5-4-6-9(3)7-10/h5,9H,4,6-7,10H2,1-3H3/t9-/m1/s1. The van der Waals surface area contributed by atoms with Crippen molar-refractivity contribution in [2.75, 3.05) is 6.54 Å². The van der Waals surface area contributed by atoms with E-state index in [0.29, 0.717) is 5.92 Å². The molecule has 0 amide bonds. The van der Waals surface area contributed by atoms with Crippen molar-refractivity contribution in [3.8, 4) is 0 Å². The number of rotatable bonds is 4. The number of hydrogen-bond donors (Lipinski definition) is 1. The summed E-state index contributed by atoms with van der Waals surface area (Å²) in [7, 11) is 0. The molecule has 0 aliphatic rings. The summed E-state index contributed by atoms with van der Waals surface area (Å²) in [6.45, 7) is 7.27. The summed E-state index contributed by atoms with van der Waals surface area (Å²) in [5.74, 6) is 0.676. The minimum atomic E-state index is 0.676. The van der Waals surface area contributed by atoms with Crippen LogP contribution >= 0.6 is 0 Å². The summed E-state index contributed by atoms with van der Waals surface area (Å²) >= 11 is 0. The lowest BCUT2D eigenvalue weighted by molar-refractivity contribution is 0.550. The minimum Gasteiger partial charge on any atom is -0.330 e. The highest BCUT2D eigenvalue weighted by molar-refractivity contribution is 4.92. The Morgan fingerprint density at radius 3 is 2.50 bits per heavy atom. The lowest BCUT2D eigenvalue weighted by atomic mass is 10.1. The Morgan fingerprint density at radius 1 is 1.50 bits per heavy atom. The highest BCUT2D eigenvalue weighted by Crippen LogP contribution is 2.05. The highest BCUT2D eigenvalue weighted by atomic mass is 14.5. The molecule has 0 bridgehead atoms. The van der Waals surface area contributed by atoms with Crippen LogP contribution in [-0.4, -0.2) is 6.54 Å². The molecule has 60 valence electrons. The highest BCUT2D eigenvalue weighted by Gasteiger charge is 1.95. The van der Waals surface area contributed by atoms with E-state index in [1.807, 2.05) is 0 Å². The third-order valence-electron chi connectivity index (χ3n) is 1.61. The molecule has 0 aromatic heterocycles. The zero-order valence-electron chi connectivity index (χ0n) is 7.35. The maximum Gasteiger partial charge on any atom is -0.00514 e. The number of hydrogen-bond acceptors (Lipinski definition) is 1. The summed E-state index contributed by atoms with van der Waals surface area (Å²) < 4.78 is 0. The predicted molar refractivity (Wildman–Crippen MR) is 46.9 cm³/mol. The summed E-state index contributed by atoms with van der Waals surface area (Å²) in [6.07, 6.45) is 4.68. The van der Waals surface area contributed by atoms with Crippen molar-refractivity contribution in [2.45, 2.75) is 33.6 Å². The van der Waals surface area contributed by atoms with Crippen LogP contribution in [0.5, 0.6) is 0 Å². The Balaban J connectivity index is 3.28. The van der Waals surface area contributed by atoms with Gasteiger partial charge in [-0.3, -0.25) is 0 Å². The van der Waals surface area contributed by atoms with Crippen molar-refractivity contribution in [1.29, 1.82) is 0 Å². The van der Waals surface area contributed by atoms with Gasteiger partial charge in [0, 0.05) is 0 Å². The molecule has 0 fully saturated rings. The van der Waals surface area contributed by atoms with E-state index in [4.69, 9.17) is 5.73 Å². The van der Waals surface area contributed by atoms with E-state index in [1.165, 1.54) is 18.4 Å². The Kier molecular flexibility index (Phi) is 5.32. The van der Waals surface area contributed by atoms with Crippen molar-refractivity contribution in [3.05, 3.63) is 11.6 Å². The van der Waals surface area contributed by atoms with Crippen LogP contribution in [0.4, 0.5) is 0 Å². The van der Waals surface area contributed by atoms with E-state index >= 15 is 0 Å². The lowest BCUT2D eigenvalue weighted by Crippen LogP contribution is -2.09. The molecule has 0 rings (SSSR count). The molecule has 0 spiro atoms. The molecule has 0 radical (unpaired) electrons. The summed E-state index contributed by atoms with van der Waals surface area (Å²) in [6, 6.07) is 0. The van der Waals surface area contributed by atoms with Crippen molar-refractivity contribution in [1.82, 2.24) is 0 Å². The molecule has 0 heterocycles. The average Bonchev–Trinajstić information content (AvgIpc) is 1.87. The molecular formula is C9H19N. The van der Waals surface area contributed by atoms with Crippen molar-refractivity contribution in [2.24, 2.45) is 11.7 Å². The average molecular weight is 141 g/mol. The van der Waals surface area contributed by atoms with Crippen LogP contribution in [0, 0.1) is 5.92 Å². The molecule has 0 aliphatic heterocycles. The van der Waals surface area contributed by atoms with Gasteiger partial charge in [-0.05, 0) is 39.2 Å². The van der Waals surface area contributed by atoms with Gasteiger partial charge in [-0.15, -0.1) is 0 Å². The molecule has 1 nitrogen and oxygen atoms in total. The minimum absolute atomic E-state index is 0.676. The molecule has 0 aromatic carbocycles. The van der Waals surface area contributed by atoms with E-state index < -0.39 is 0 Å². The maximum absolute atomic E-state index is 5.47. The van der Waals surface area contributed by atoms with Gasteiger partial charge < -0.3 is 5.73 Å². The van der Waals surface area contributed by atoms with E-state index in [0.717, 1.165) is 6.54 Å². The first kappa shape index (κ1) is 9.70. The van der Waals surface area contributed by atoms with Crippen LogP contribution in [0.2, 0.25) is 0 Å². The van der Waals surface area contributed by atoms with Gasteiger partial charge in [0.05, 0.1) is 0 Å². The molecule has 0 aromatic rings. The predicted octanol–water partition coefficient (Wildman–Crippen LogP) is 2.33. The second-order valence-corrected chi connectivity index (χ2v) is 3.20. The molecule has 2 N–H and O–H groups in total. The van der Waals surface area contributed by atoms with E-state index in [1.54, 1.807) is 0 Å². The normalized spacial score (nSPS) is 12.8. The van der Waals surface area contributed by atoms with E-state index in [-0.39, 0.29) is 0 Å². The fraction of sp³-hybridized carbons (Fsp3) is 0.778. The molecule has 1 atom stereocenters. The van der Waals surface area contributed by atoms with Gasteiger partial charge in [0.25, 0.3) is 0 Å². The molecule has 0 saturated carbocycles. The SMILES string of the molecule is CC(C)=CCC[C@@H](C)CN. The van der Waals surface area contributed by atoms with Crippen LogP contribution in [0.3, 0.4) is 0 Å². The maximum atomic E-state index is 5.47. The van der Waals surface area contributed by atoms with E-state index in [9.17, 15) is 0 Å². The van der Waals surface area contributed by atoms with Crippen LogP contribution < -0.4 is 5.73 Å². The Hall–Kier alpha value is -0.300. The van der Waals surface area contributed by atoms with Gasteiger partial charge in [0.15, 0.2) is 0 Å². The summed E-state index contributed by atoms with van der Waals surface area (Å²) in [5, 5.41) is 0. The molecular weight excluding hydrogens is 122 g/mol. The van der Waals surface area contributed by atoms with Crippen molar-refractivity contribution in [3.63, 3.8) is 0 Å². The summed E-state index contributed by atoms with van der Waals surface area (Å²) in [5.41, 5.74) is 6.87. The second-order valence-electron chi connectivity index (χ2n) is 3.20. The van der Waals surface area contributed by atoms with Crippen LogP contribution in [-0.2, 0) is 0 Å². The fourth-order valence-electron chi connectivity index (χ4n) is 0.774. The van der Waals surface area contributed by atoms with Crippen LogP contribution in [0.1, 0.15) is 33.6 Å². The molecule has 10 heavy (non-hydrogen) atoms. The van der Waals surface area contributed by atoms with Gasteiger partial charge >= 0.3 is 0 Å². The van der Waals surface area contributed by atoms with Crippen molar-refractivity contribution >= 4 is 0 Å². The Morgan fingerprint density at radius 2 is 2.10 bits per heavy atom. The monoisotopic (exact) mass is 141 g/mol. The van der Waals surface area contributed by atoms with Gasteiger partial charge in [0.2, 0.25) is 0 Å². The number of allylic oxidation sites excluding steroid dienone is 2. The van der Waals surface area contributed by atoms with Gasteiger partial charge in [-0.25, -0.2) is 0 Å². The zero-order chi connectivity index (χ0) is 7.98. The van der Waals surface area contributed by atoms with Crippen molar-refractivity contribution < 1.29 is 0 Å². The largest absolute Gasteiger partial charge is 0.330 e.